The highest BCUT2D eigenvalue weighted by Gasteiger charge is 2.45. The van der Waals surface area contributed by atoms with Gasteiger partial charge < -0.3 is 160 Å². The van der Waals surface area contributed by atoms with E-state index in [2.05, 4.69) is 77.8 Å². The number of carboxylic acid groups (broad SMARTS) is 1. The van der Waals surface area contributed by atoms with E-state index in [0.29, 0.717) is 38.5 Å². The normalized spacial score (nSPS) is 16.1. The van der Waals surface area contributed by atoms with E-state index >= 15 is 0 Å². The fraction of sp³-hybridized carbons (Fsp3) is 0.706. The van der Waals surface area contributed by atoms with Crippen LogP contribution < -0.4 is 145 Å². The first-order valence-electron chi connectivity index (χ1n) is 39.0. The zero-order valence-electron chi connectivity index (χ0n) is 66.4. The van der Waals surface area contributed by atoms with E-state index in [1.54, 1.807) is 0 Å². The SMILES string of the molecule is NCCCC[C@H](NC(=O)[C@H](CCCCN)NC(=O)[C@@H](N)CCCN=C(N)N)C(=O)N[C@@H](CCCN=C(N)N)C(=O)N[C@@H](CCCN=C(N)N)C(=O)N[C@@H](CCC(N)=O)C(=O)N[C@@H](CCCN=C(N)N)C(=O)N[C@@H](CCCN=C(N)N)C(=O)N[C@@H](CCCN=C(N)N)C(=O)N1CCC[C@H]1C(=O)N1CCC[C@H]1C(=O)N[C@@H](CCC(N)=O)C(=O)O. The highest BCUT2D eigenvalue weighted by molar-refractivity contribution is 6.00. The van der Waals surface area contributed by atoms with Crippen molar-refractivity contribution in [3.05, 3.63) is 0 Å². The van der Waals surface area contributed by atoms with Gasteiger partial charge in [0.1, 0.15) is 66.5 Å². The standard InChI is InChI=1S/C68H128N34O15/c69-27-3-1-14-38(92-51(105)37(71)13-5-29-86-63(74)75)52(106)93-39(15-2-4-28-70)53(107)94-40(16-6-30-87-64(76)77)54(108)95-42(18-8-32-89-66(80)81)56(110)98-44(23-25-49(72)103)58(112)97-41(17-7-31-88-65(78)79)55(109)96-43(19-9-33-90-67(82)83)57(111)99-45(20-10-34-91-68(84)85)60(114)102-36-12-22-48(102)61(115)101-35-11-21-47(101)59(113)100-46(62(116)117)24-26-50(73)104/h37-48H,1-36,69-71H2,(H2,72,103)(H2,73,104)(H,92,105)(H,93,106)(H,94,107)(H,95,108)(H,96,109)(H,97,112)(H,98,110)(H,99,111)(H,100,113)(H,116,117)(H4,74,75,86)(H4,76,77,87)(H4,78,79,88)(H4,80,81,89)(H4,82,83,90)(H4,84,85,91)/t37-,38-,39-,40-,41-,42-,43-,44-,45-,46-,47-,48-/m0/s1. The molecule has 44 N–H and O–H groups in total. The molecule has 12 atom stereocenters. The highest BCUT2D eigenvalue weighted by Crippen LogP contribution is 2.27. The Balaban J connectivity index is 2.74. The van der Waals surface area contributed by atoms with Gasteiger partial charge in [0, 0.05) is 65.2 Å². The van der Waals surface area contributed by atoms with Crippen molar-refractivity contribution in [2.24, 2.45) is 127 Å². The summed E-state index contributed by atoms with van der Waals surface area (Å²) in [5.74, 6) is -14.6. The number of likely N-dealkylation sites (tertiary alicyclic amines) is 2. The van der Waals surface area contributed by atoms with Crippen LogP contribution in [0.2, 0.25) is 0 Å². The number of primary amides is 2. The number of guanidine groups is 6. The van der Waals surface area contributed by atoms with Crippen molar-refractivity contribution < 1.29 is 72.2 Å². The molecule has 2 saturated heterocycles. The summed E-state index contributed by atoms with van der Waals surface area (Å²) in [6.07, 6.45) is -0.00732. The molecule has 0 radical (unpaired) electrons. The summed E-state index contributed by atoms with van der Waals surface area (Å²) in [6, 6.07) is -17.1. The smallest absolute Gasteiger partial charge is 0.326 e. The number of aliphatic carboxylic acids is 1. The van der Waals surface area contributed by atoms with Crippen LogP contribution >= 0.6 is 0 Å². The van der Waals surface area contributed by atoms with Crippen molar-refractivity contribution in [3.8, 4) is 0 Å². The van der Waals surface area contributed by atoms with Crippen molar-refractivity contribution >= 4 is 119 Å². The zero-order chi connectivity index (χ0) is 87.7. The predicted octanol–water partition coefficient (Wildman–Crippen LogP) is -12.1. The molecule has 2 fully saturated rings. The first-order chi connectivity index (χ1) is 55.4. The maximum atomic E-state index is 15.0. The molecular weight excluding hydrogens is 1530 g/mol. The molecule has 117 heavy (non-hydrogen) atoms. The summed E-state index contributed by atoms with van der Waals surface area (Å²) < 4.78 is 0. The quantitative estimate of drug-likeness (QED) is 0.0153. The van der Waals surface area contributed by atoms with Crippen LogP contribution in [0.1, 0.15) is 167 Å². The van der Waals surface area contributed by atoms with Gasteiger partial charge in [-0.15, -0.1) is 0 Å². The van der Waals surface area contributed by atoms with Gasteiger partial charge in [-0.1, -0.05) is 0 Å². The van der Waals surface area contributed by atoms with E-state index in [1.165, 1.54) is 9.80 Å². The molecule has 49 heteroatoms. The molecule has 0 bridgehead atoms. The molecule has 0 aromatic rings. The Morgan fingerprint density at radius 2 is 0.581 bits per heavy atom. The van der Waals surface area contributed by atoms with Crippen molar-refractivity contribution in [1.82, 2.24) is 57.7 Å². The van der Waals surface area contributed by atoms with Crippen LogP contribution in [0.15, 0.2) is 30.0 Å². The number of unbranched alkanes of at least 4 members (excludes halogenated alkanes) is 2. The Morgan fingerprint density at radius 3 is 0.889 bits per heavy atom. The molecule has 660 valence electrons. The van der Waals surface area contributed by atoms with Gasteiger partial charge in [-0.2, -0.15) is 0 Å². The summed E-state index contributed by atoms with van der Waals surface area (Å²) >= 11 is 0. The van der Waals surface area contributed by atoms with Crippen molar-refractivity contribution in [2.45, 2.75) is 239 Å². The lowest BCUT2D eigenvalue weighted by Gasteiger charge is -2.33. The Labute approximate surface area is 678 Å². The second-order valence-electron chi connectivity index (χ2n) is 28.1. The molecule has 0 aromatic carbocycles. The third-order valence-electron chi connectivity index (χ3n) is 18.6. The average molecular weight is 1660 g/mol. The molecule has 2 heterocycles. The van der Waals surface area contributed by atoms with Crippen LogP contribution in [0.5, 0.6) is 0 Å². The number of aliphatic imine (C=N–C) groups is 6. The monoisotopic (exact) mass is 1660 g/mol. The Bertz CT molecular complexity index is 3450. The number of hydrogen-bond donors (Lipinski definition) is 27. The molecule has 0 aromatic heterocycles. The van der Waals surface area contributed by atoms with Crippen LogP contribution in [0.4, 0.5) is 0 Å². The predicted molar refractivity (Wildman–Crippen MR) is 435 cm³/mol. The first kappa shape index (κ1) is 101. The van der Waals surface area contributed by atoms with E-state index in [9.17, 15) is 72.2 Å². The largest absolute Gasteiger partial charge is 0.480 e. The van der Waals surface area contributed by atoms with Gasteiger partial charge in [-0.3, -0.25) is 92.3 Å². The molecule has 0 saturated carbocycles. The van der Waals surface area contributed by atoms with E-state index in [4.69, 9.17) is 97.5 Å². The molecule has 0 aliphatic carbocycles. The summed E-state index contributed by atoms with van der Waals surface area (Å²) in [4.78, 5) is 222. The lowest BCUT2D eigenvalue weighted by Crippen LogP contribution is -2.60. The second kappa shape index (κ2) is 55.6. The number of carbonyl (C=O) groups is 14. The van der Waals surface area contributed by atoms with Gasteiger partial charge >= 0.3 is 5.97 Å². The molecule has 13 amide bonds. The molecule has 2 rings (SSSR count). The average Bonchev–Trinajstić information content (AvgIpc) is 1.67. The number of nitrogens with two attached hydrogens (primary N) is 17. The van der Waals surface area contributed by atoms with Crippen LogP contribution in [-0.4, -0.2) is 271 Å². The Kier molecular flexibility index (Phi) is 48.0. The Hall–Kier alpha value is -11.9. The summed E-state index contributed by atoms with van der Waals surface area (Å²) in [5, 5.41) is 33.4. The maximum absolute atomic E-state index is 15.0. The highest BCUT2D eigenvalue weighted by atomic mass is 16.4. The number of carboxylic acids is 1. The topological polar surface area (TPSA) is 890 Å². The summed E-state index contributed by atoms with van der Waals surface area (Å²) in [6.45, 7) is 0.265. The van der Waals surface area contributed by atoms with E-state index in [-0.39, 0.29) is 217 Å². The minimum atomic E-state index is -1.76. The van der Waals surface area contributed by atoms with Gasteiger partial charge in [0.2, 0.25) is 76.8 Å². The minimum Gasteiger partial charge on any atom is -0.480 e. The van der Waals surface area contributed by atoms with Gasteiger partial charge in [0.05, 0.1) is 6.04 Å². The fourth-order valence-corrected chi connectivity index (χ4v) is 12.6. The van der Waals surface area contributed by atoms with Crippen LogP contribution in [-0.2, 0) is 67.1 Å². The summed E-state index contributed by atoms with van der Waals surface area (Å²) in [7, 11) is 0. The van der Waals surface area contributed by atoms with E-state index in [0.717, 1.165) is 0 Å². The zero-order valence-corrected chi connectivity index (χ0v) is 66.4. The maximum Gasteiger partial charge on any atom is 0.326 e. The Morgan fingerprint density at radius 1 is 0.316 bits per heavy atom. The first-order valence-corrected chi connectivity index (χ1v) is 39.0. The van der Waals surface area contributed by atoms with Gasteiger partial charge in [0.25, 0.3) is 0 Å². The van der Waals surface area contributed by atoms with Crippen LogP contribution in [0.3, 0.4) is 0 Å². The van der Waals surface area contributed by atoms with Crippen molar-refractivity contribution in [3.63, 3.8) is 0 Å². The molecule has 0 unspecified atom stereocenters. The number of nitrogens with zero attached hydrogens (tertiary/aromatic N) is 8. The fourth-order valence-electron chi connectivity index (χ4n) is 12.6. The van der Waals surface area contributed by atoms with Gasteiger partial charge in [-0.25, -0.2) is 4.79 Å². The van der Waals surface area contributed by atoms with E-state index < -0.39 is 168 Å². The molecular formula is C68H128N34O15. The van der Waals surface area contributed by atoms with Crippen molar-refractivity contribution in [1.29, 1.82) is 0 Å². The third-order valence-corrected chi connectivity index (χ3v) is 18.6. The van der Waals surface area contributed by atoms with Crippen LogP contribution in [0, 0.1) is 0 Å². The van der Waals surface area contributed by atoms with Gasteiger partial charge in [-0.05, 0) is 167 Å². The minimum absolute atomic E-state index is 0.000554. The summed E-state index contributed by atoms with van der Waals surface area (Å²) in [5.41, 5.74) is 95.7. The molecule has 2 aliphatic rings. The van der Waals surface area contributed by atoms with Crippen LogP contribution in [0.25, 0.3) is 0 Å². The lowest BCUT2D eigenvalue weighted by atomic mass is 10.0. The number of hydrogen-bond acceptors (Lipinski definition) is 23. The number of amides is 13. The number of nitrogens with one attached hydrogen (secondary N) is 9. The molecule has 2 aliphatic heterocycles. The third kappa shape index (κ3) is 41.3. The number of carbonyl (C=O) groups excluding carboxylic acids is 13. The molecule has 49 nitrogen and oxygen atoms in total. The second-order valence-corrected chi connectivity index (χ2v) is 28.1. The van der Waals surface area contributed by atoms with E-state index in [1.807, 2.05) is 0 Å². The number of rotatable bonds is 59. The molecule has 0 spiro atoms. The van der Waals surface area contributed by atoms with Crippen molar-refractivity contribution in [2.75, 3.05) is 65.4 Å². The lowest BCUT2D eigenvalue weighted by molar-refractivity contribution is -0.149. The van der Waals surface area contributed by atoms with Gasteiger partial charge in [0.15, 0.2) is 35.8 Å².